The van der Waals surface area contributed by atoms with Crippen molar-refractivity contribution in [3.63, 3.8) is 0 Å². The lowest BCUT2D eigenvalue weighted by molar-refractivity contribution is 0.203. The summed E-state index contributed by atoms with van der Waals surface area (Å²) in [7, 11) is 0. The Kier molecular flexibility index (Phi) is 6.02. The molecular weight excluding hydrogens is 166 g/mol. The summed E-state index contributed by atoms with van der Waals surface area (Å²) in [5.41, 5.74) is 0.355. The highest BCUT2D eigenvalue weighted by Crippen LogP contribution is 2.18. The zero-order chi connectivity index (χ0) is 9.61. The van der Waals surface area contributed by atoms with E-state index in [0.717, 1.165) is 12.3 Å². The Morgan fingerprint density at radius 2 is 1.83 bits per heavy atom. The summed E-state index contributed by atoms with van der Waals surface area (Å²) in [4.78, 5) is 2.50. The number of hydrogen-bond acceptors (Lipinski definition) is 2. The first-order chi connectivity index (χ1) is 5.55. The van der Waals surface area contributed by atoms with Crippen molar-refractivity contribution in [2.75, 3.05) is 25.4 Å². The molecule has 2 heteroatoms. The molecule has 0 aliphatic heterocycles. The van der Waals surface area contributed by atoms with E-state index in [9.17, 15) is 0 Å². The van der Waals surface area contributed by atoms with Gasteiger partial charge in [0.2, 0.25) is 0 Å². The number of nitrogens with zero attached hydrogens (tertiary/aromatic N) is 1. The summed E-state index contributed by atoms with van der Waals surface area (Å²) in [6, 6.07) is 0. The fourth-order valence-electron chi connectivity index (χ4n) is 1.32. The van der Waals surface area contributed by atoms with Crippen LogP contribution in [0.4, 0.5) is 0 Å². The van der Waals surface area contributed by atoms with Gasteiger partial charge in [-0.15, -0.1) is 0 Å². The van der Waals surface area contributed by atoms with Gasteiger partial charge in [-0.2, -0.15) is 12.6 Å². The minimum atomic E-state index is 0.355. The molecule has 0 atom stereocenters. The van der Waals surface area contributed by atoms with Gasteiger partial charge in [0, 0.05) is 6.54 Å². The molecule has 0 aliphatic carbocycles. The number of thiol groups is 1. The smallest absolute Gasteiger partial charge is 0.00404 e. The van der Waals surface area contributed by atoms with Crippen LogP contribution < -0.4 is 0 Å². The van der Waals surface area contributed by atoms with Crippen LogP contribution in [0.25, 0.3) is 0 Å². The molecule has 0 radical (unpaired) electrons. The van der Waals surface area contributed by atoms with E-state index in [-0.39, 0.29) is 0 Å². The second kappa shape index (κ2) is 5.87. The van der Waals surface area contributed by atoms with E-state index < -0.39 is 0 Å². The molecule has 0 unspecified atom stereocenters. The molecule has 0 aromatic carbocycles. The van der Waals surface area contributed by atoms with Crippen molar-refractivity contribution in [2.24, 2.45) is 5.41 Å². The highest BCUT2D eigenvalue weighted by Gasteiger charge is 2.18. The lowest BCUT2D eigenvalue weighted by atomic mass is 9.95. The fraction of sp³-hybridized carbons (Fsp3) is 1.00. The minimum absolute atomic E-state index is 0.355. The largest absolute Gasteiger partial charge is 0.303 e. The van der Waals surface area contributed by atoms with Crippen molar-refractivity contribution >= 4 is 12.6 Å². The first-order valence-electron chi connectivity index (χ1n) is 4.89. The topological polar surface area (TPSA) is 3.24 Å². The Hall–Kier alpha value is 0.310. The molecular formula is C10H23NS. The summed E-state index contributed by atoms with van der Waals surface area (Å²) in [6.07, 6.45) is 1.25. The van der Waals surface area contributed by atoms with Crippen molar-refractivity contribution in [1.82, 2.24) is 4.90 Å². The van der Waals surface area contributed by atoms with Gasteiger partial charge in [-0.3, -0.25) is 0 Å². The highest BCUT2D eigenvalue weighted by atomic mass is 32.1. The van der Waals surface area contributed by atoms with Crippen molar-refractivity contribution in [3.05, 3.63) is 0 Å². The molecule has 1 nitrogen and oxygen atoms in total. The van der Waals surface area contributed by atoms with Crippen LogP contribution in [0.3, 0.4) is 0 Å². The minimum Gasteiger partial charge on any atom is -0.303 e. The monoisotopic (exact) mass is 189 g/mol. The lowest BCUT2D eigenvalue weighted by Crippen LogP contribution is -2.35. The molecule has 0 saturated heterocycles. The van der Waals surface area contributed by atoms with Gasteiger partial charge in [-0.05, 0) is 30.7 Å². The quantitative estimate of drug-likeness (QED) is 0.629. The van der Waals surface area contributed by atoms with E-state index in [2.05, 4.69) is 45.2 Å². The SMILES string of the molecule is CCCN(CC)CC(C)(C)CS. The second-order valence-corrected chi connectivity index (χ2v) is 4.51. The predicted octanol–water partition coefficient (Wildman–Crippen LogP) is 2.67. The van der Waals surface area contributed by atoms with Crippen LogP contribution in [-0.4, -0.2) is 30.3 Å². The van der Waals surface area contributed by atoms with Crippen molar-refractivity contribution in [1.29, 1.82) is 0 Å². The molecule has 0 saturated carbocycles. The molecule has 0 aliphatic rings. The third kappa shape index (κ3) is 5.04. The normalized spacial score (nSPS) is 12.5. The Bertz CT molecular complexity index is 112. The summed E-state index contributed by atoms with van der Waals surface area (Å²) >= 11 is 4.36. The van der Waals surface area contributed by atoms with Crippen LogP contribution >= 0.6 is 12.6 Å². The van der Waals surface area contributed by atoms with Gasteiger partial charge >= 0.3 is 0 Å². The average Bonchev–Trinajstić information content (AvgIpc) is 2.03. The van der Waals surface area contributed by atoms with Crippen molar-refractivity contribution < 1.29 is 0 Å². The zero-order valence-corrected chi connectivity index (χ0v) is 9.82. The van der Waals surface area contributed by atoms with Gasteiger partial charge in [0.25, 0.3) is 0 Å². The molecule has 0 rings (SSSR count). The predicted molar refractivity (Wildman–Crippen MR) is 60.0 cm³/mol. The lowest BCUT2D eigenvalue weighted by Gasteiger charge is -2.30. The third-order valence-electron chi connectivity index (χ3n) is 2.07. The van der Waals surface area contributed by atoms with Gasteiger partial charge in [0.1, 0.15) is 0 Å². The third-order valence-corrected chi connectivity index (χ3v) is 2.92. The average molecular weight is 189 g/mol. The van der Waals surface area contributed by atoms with Gasteiger partial charge in [0.15, 0.2) is 0 Å². The van der Waals surface area contributed by atoms with Gasteiger partial charge in [-0.25, -0.2) is 0 Å². The van der Waals surface area contributed by atoms with Crippen molar-refractivity contribution in [3.8, 4) is 0 Å². The Balaban J connectivity index is 3.83. The Labute approximate surface area is 82.9 Å². The maximum Gasteiger partial charge on any atom is 0.00404 e. The molecule has 12 heavy (non-hydrogen) atoms. The Morgan fingerprint density at radius 3 is 2.17 bits per heavy atom. The van der Waals surface area contributed by atoms with E-state index in [0.29, 0.717) is 5.41 Å². The maximum atomic E-state index is 4.36. The molecule has 0 heterocycles. The fourth-order valence-corrected chi connectivity index (χ4v) is 1.42. The summed E-state index contributed by atoms with van der Waals surface area (Å²) < 4.78 is 0. The number of rotatable bonds is 6. The first kappa shape index (κ1) is 12.3. The number of hydrogen-bond donors (Lipinski definition) is 1. The van der Waals surface area contributed by atoms with Crippen LogP contribution in [0.5, 0.6) is 0 Å². The van der Waals surface area contributed by atoms with Gasteiger partial charge < -0.3 is 4.90 Å². The van der Waals surface area contributed by atoms with Crippen LogP contribution in [0.2, 0.25) is 0 Å². The second-order valence-electron chi connectivity index (χ2n) is 4.19. The first-order valence-corrected chi connectivity index (χ1v) is 5.52. The maximum absolute atomic E-state index is 4.36. The van der Waals surface area contributed by atoms with E-state index in [4.69, 9.17) is 0 Å². The molecule has 0 fully saturated rings. The summed E-state index contributed by atoms with van der Waals surface area (Å²) in [6.45, 7) is 12.6. The van der Waals surface area contributed by atoms with E-state index in [1.165, 1.54) is 19.5 Å². The van der Waals surface area contributed by atoms with Crippen molar-refractivity contribution in [2.45, 2.75) is 34.1 Å². The molecule has 0 aromatic heterocycles. The van der Waals surface area contributed by atoms with Crippen LogP contribution in [0.15, 0.2) is 0 Å². The van der Waals surface area contributed by atoms with Crippen LogP contribution in [-0.2, 0) is 0 Å². The molecule has 0 amide bonds. The van der Waals surface area contributed by atoms with Crippen LogP contribution in [0, 0.1) is 5.41 Å². The van der Waals surface area contributed by atoms with Gasteiger partial charge in [-0.1, -0.05) is 27.7 Å². The summed E-state index contributed by atoms with van der Waals surface area (Å²) in [5.74, 6) is 0.965. The Morgan fingerprint density at radius 1 is 1.25 bits per heavy atom. The zero-order valence-electron chi connectivity index (χ0n) is 8.93. The van der Waals surface area contributed by atoms with E-state index >= 15 is 0 Å². The van der Waals surface area contributed by atoms with E-state index in [1.54, 1.807) is 0 Å². The van der Waals surface area contributed by atoms with Crippen LogP contribution in [0.1, 0.15) is 34.1 Å². The standard InChI is InChI=1S/C10H23NS/c1-5-7-11(6-2)8-10(3,4)9-12/h12H,5-9H2,1-4H3. The molecule has 0 bridgehead atoms. The molecule has 0 N–H and O–H groups in total. The highest BCUT2D eigenvalue weighted by molar-refractivity contribution is 7.80. The summed E-state index contributed by atoms with van der Waals surface area (Å²) in [5, 5.41) is 0. The van der Waals surface area contributed by atoms with Gasteiger partial charge in [0.05, 0.1) is 0 Å². The molecule has 74 valence electrons. The molecule has 0 aromatic rings. The van der Waals surface area contributed by atoms with E-state index in [1.807, 2.05) is 0 Å². The molecule has 0 spiro atoms.